The molecule has 0 atom stereocenters. The molecule has 0 saturated carbocycles. The third-order valence-electron chi connectivity index (χ3n) is 5.29. The van der Waals surface area contributed by atoms with Crippen molar-refractivity contribution < 1.29 is 9.13 Å². The highest BCUT2D eigenvalue weighted by Crippen LogP contribution is 2.36. The number of fused-ring (bicyclic) bond motifs is 1. The zero-order valence-electron chi connectivity index (χ0n) is 15.7. The van der Waals surface area contributed by atoms with Gasteiger partial charge in [0, 0.05) is 35.6 Å². The number of aryl methyl sites for hydroxylation is 1. The predicted molar refractivity (Wildman–Crippen MR) is 107 cm³/mol. The lowest BCUT2D eigenvalue weighted by atomic mass is 9.97. The van der Waals surface area contributed by atoms with E-state index in [0.717, 1.165) is 53.6 Å². The van der Waals surface area contributed by atoms with Crippen LogP contribution in [0.2, 0.25) is 0 Å². The van der Waals surface area contributed by atoms with Crippen LogP contribution in [0.25, 0.3) is 21.9 Å². The van der Waals surface area contributed by atoms with Gasteiger partial charge in [0.15, 0.2) is 0 Å². The van der Waals surface area contributed by atoms with Crippen molar-refractivity contribution in [1.29, 1.82) is 0 Å². The number of nitrogens with zero attached hydrogens (tertiary/aromatic N) is 2. The van der Waals surface area contributed by atoms with Crippen molar-refractivity contribution in [1.82, 2.24) is 9.88 Å². The normalized spacial score (nSPS) is 16.0. The Labute approximate surface area is 158 Å². The van der Waals surface area contributed by atoms with E-state index in [1.165, 1.54) is 6.07 Å². The maximum atomic E-state index is 14.6. The highest BCUT2D eigenvalue weighted by atomic mass is 19.1. The summed E-state index contributed by atoms with van der Waals surface area (Å²) in [6, 6.07) is 10.9. The van der Waals surface area contributed by atoms with Crippen LogP contribution in [0.5, 0.6) is 5.75 Å². The van der Waals surface area contributed by atoms with Crippen LogP contribution in [0, 0.1) is 12.7 Å². The van der Waals surface area contributed by atoms with Gasteiger partial charge in [-0.15, -0.1) is 0 Å². The van der Waals surface area contributed by atoms with E-state index in [2.05, 4.69) is 16.9 Å². The monoisotopic (exact) mass is 365 g/mol. The summed E-state index contributed by atoms with van der Waals surface area (Å²) in [4.78, 5) is 6.51. The van der Waals surface area contributed by atoms with E-state index in [0.29, 0.717) is 11.4 Å². The first-order valence-corrected chi connectivity index (χ1v) is 9.31. The molecule has 27 heavy (non-hydrogen) atoms. The van der Waals surface area contributed by atoms with Crippen LogP contribution >= 0.6 is 0 Å². The van der Waals surface area contributed by atoms with Crippen LogP contribution in [0.15, 0.2) is 42.6 Å². The fraction of sp³-hybridized carbons (Fsp3) is 0.318. The van der Waals surface area contributed by atoms with Gasteiger partial charge in [0.2, 0.25) is 0 Å². The SMILES string of the molecule is Cc1cccc(F)c1-c1cc(OC2CCN(C)CC2)c2cc(N)ncc2c1. The number of piperidine rings is 1. The Balaban J connectivity index is 1.81. The summed E-state index contributed by atoms with van der Waals surface area (Å²) in [7, 11) is 2.12. The van der Waals surface area contributed by atoms with Crippen molar-refractivity contribution in [3.63, 3.8) is 0 Å². The molecule has 2 N–H and O–H groups in total. The number of aromatic nitrogens is 1. The minimum atomic E-state index is -0.233. The smallest absolute Gasteiger partial charge is 0.131 e. The molecule has 1 aromatic heterocycles. The number of nitrogen functional groups attached to an aromatic ring is 1. The van der Waals surface area contributed by atoms with Gasteiger partial charge < -0.3 is 15.4 Å². The second kappa shape index (κ2) is 7.16. The van der Waals surface area contributed by atoms with Crippen LogP contribution in [0.1, 0.15) is 18.4 Å². The third-order valence-corrected chi connectivity index (χ3v) is 5.29. The lowest BCUT2D eigenvalue weighted by Gasteiger charge is -2.30. The van der Waals surface area contributed by atoms with E-state index in [4.69, 9.17) is 10.5 Å². The number of hydrogen-bond donors (Lipinski definition) is 1. The van der Waals surface area contributed by atoms with E-state index in [1.54, 1.807) is 12.3 Å². The van der Waals surface area contributed by atoms with Gasteiger partial charge in [-0.1, -0.05) is 12.1 Å². The summed E-state index contributed by atoms with van der Waals surface area (Å²) in [5.74, 6) is 0.961. The van der Waals surface area contributed by atoms with Gasteiger partial charge in [-0.25, -0.2) is 9.37 Å². The lowest BCUT2D eigenvalue weighted by Crippen LogP contribution is -2.35. The number of benzene rings is 2. The Morgan fingerprint density at radius 3 is 2.70 bits per heavy atom. The van der Waals surface area contributed by atoms with Crippen molar-refractivity contribution in [2.45, 2.75) is 25.9 Å². The maximum absolute atomic E-state index is 14.6. The number of halogens is 1. The van der Waals surface area contributed by atoms with Gasteiger partial charge in [0.25, 0.3) is 0 Å². The average molecular weight is 365 g/mol. The van der Waals surface area contributed by atoms with Crippen molar-refractivity contribution >= 4 is 16.6 Å². The molecule has 4 nitrogen and oxygen atoms in total. The number of anilines is 1. The molecule has 4 rings (SSSR count). The summed E-state index contributed by atoms with van der Waals surface area (Å²) in [6.07, 6.45) is 3.82. The average Bonchev–Trinajstić information content (AvgIpc) is 2.64. The molecule has 2 heterocycles. The Kier molecular flexibility index (Phi) is 4.70. The number of likely N-dealkylation sites (tertiary alicyclic amines) is 1. The fourth-order valence-electron chi connectivity index (χ4n) is 3.76. The van der Waals surface area contributed by atoms with Crippen LogP contribution in [0.4, 0.5) is 10.2 Å². The molecule has 140 valence electrons. The minimum absolute atomic E-state index is 0.149. The first kappa shape index (κ1) is 17.7. The zero-order chi connectivity index (χ0) is 19.0. The Morgan fingerprint density at radius 1 is 1.19 bits per heavy atom. The van der Waals surface area contributed by atoms with E-state index in [-0.39, 0.29) is 11.9 Å². The van der Waals surface area contributed by atoms with Gasteiger partial charge >= 0.3 is 0 Å². The summed E-state index contributed by atoms with van der Waals surface area (Å²) in [5, 5.41) is 1.81. The largest absolute Gasteiger partial charge is 0.490 e. The Morgan fingerprint density at radius 2 is 1.96 bits per heavy atom. The van der Waals surface area contributed by atoms with Gasteiger partial charge in [-0.05, 0) is 62.2 Å². The van der Waals surface area contributed by atoms with Crippen LogP contribution in [-0.4, -0.2) is 36.1 Å². The molecule has 0 bridgehead atoms. The molecule has 1 aliphatic heterocycles. The highest BCUT2D eigenvalue weighted by molar-refractivity contribution is 5.94. The summed E-state index contributed by atoms with van der Waals surface area (Å²) in [6.45, 7) is 3.94. The molecule has 1 saturated heterocycles. The fourth-order valence-corrected chi connectivity index (χ4v) is 3.76. The molecule has 0 amide bonds. The molecule has 0 radical (unpaired) electrons. The molecule has 1 fully saturated rings. The molecule has 0 spiro atoms. The molecular weight excluding hydrogens is 341 g/mol. The number of rotatable bonds is 3. The van der Waals surface area contributed by atoms with Crippen molar-refractivity contribution in [3.8, 4) is 16.9 Å². The predicted octanol–water partition coefficient (Wildman–Crippen LogP) is 4.40. The topological polar surface area (TPSA) is 51.4 Å². The standard InChI is InChI=1S/C22H24FN3O/c1-14-4-3-5-19(23)22(14)15-10-16-13-25-21(24)12-18(16)20(11-15)27-17-6-8-26(2)9-7-17/h3-5,10-13,17H,6-9H2,1-2H3,(H2,24,25). The summed E-state index contributed by atoms with van der Waals surface area (Å²) in [5.41, 5.74) is 8.20. The van der Waals surface area contributed by atoms with Gasteiger partial charge in [0.1, 0.15) is 23.5 Å². The van der Waals surface area contributed by atoms with Crippen LogP contribution < -0.4 is 10.5 Å². The first-order valence-electron chi connectivity index (χ1n) is 9.31. The van der Waals surface area contributed by atoms with Gasteiger partial charge in [-0.3, -0.25) is 0 Å². The number of pyridine rings is 1. The second-order valence-corrected chi connectivity index (χ2v) is 7.36. The number of ether oxygens (including phenoxy) is 1. The van der Waals surface area contributed by atoms with Crippen molar-refractivity contribution in [2.24, 2.45) is 0 Å². The van der Waals surface area contributed by atoms with E-state index < -0.39 is 0 Å². The van der Waals surface area contributed by atoms with Gasteiger partial charge in [-0.2, -0.15) is 0 Å². The first-order chi connectivity index (χ1) is 13.0. The quantitative estimate of drug-likeness (QED) is 0.747. The van der Waals surface area contributed by atoms with Crippen molar-refractivity contribution in [3.05, 3.63) is 54.0 Å². The third kappa shape index (κ3) is 3.60. The molecule has 3 aromatic rings. The van der Waals surface area contributed by atoms with E-state index in [9.17, 15) is 4.39 Å². The molecule has 0 unspecified atom stereocenters. The maximum Gasteiger partial charge on any atom is 0.131 e. The minimum Gasteiger partial charge on any atom is -0.490 e. The summed E-state index contributed by atoms with van der Waals surface area (Å²) < 4.78 is 20.9. The number of nitrogens with two attached hydrogens (primary N) is 1. The van der Waals surface area contributed by atoms with Crippen LogP contribution in [0.3, 0.4) is 0 Å². The van der Waals surface area contributed by atoms with E-state index in [1.807, 2.05) is 31.2 Å². The number of hydrogen-bond acceptors (Lipinski definition) is 4. The molecular formula is C22H24FN3O. The molecule has 5 heteroatoms. The van der Waals surface area contributed by atoms with Crippen LogP contribution in [-0.2, 0) is 0 Å². The molecule has 0 aliphatic carbocycles. The Hall–Kier alpha value is -2.66. The molecule has 2 aromatic carbocycles. The lowest BCUT2D eigenvalue weighted by molar-refractivity contribution is 0.116. The summed E-state index contributed by atoms with van der Waals surface area (Å²) >= 11 is 0. The van der Waals surface area contributed by atoms with Gasteiger partial charge in [0.05, 0.1) is 0 Å². The second-order valence-electron chi connectivity index (χ2n) is 7.36. The highest BCUT2D eigenvalue weighted by Gasteiger charge is 2.20. The van der Waals surface area contributed by atoms with E-state index >= 15 is 0 Å². The van der Waals surface area contributed by atoms with Crippen molar-refractivity contribution in [2.75, 3.05) is 25.9 Å². The molecule has 1 aliphatic rings. The Bertz CT molecular complexity index is 960. The zero-order valence-corrected chi connectivity index (χ0v) is 15.7.